The van der Waals surface area contributed by atoms with Gasteiger partial charge in [0.1, 0.15) is 11.5 Å². The van der Waals surface area contributed by atoms with Crippen molar-refractivity contribution in [2.75, 3.05) is 62.3 Å². The number of carbonyl (C=O) groups is 1. The number of piperazine rings is 1. The summed E-state index contributed by atoms with van der Waals surface area (Å²) in [6.45, 7) is 5.83. The summed E-state index contributed by atoms with van der Waals surface area (Å²) in [6.07, 6.45) is 3.28. The second kappa shape index (κ2) is 8.10. The Hall–Kier alpha value is -2.38. The molecule has 0 aliphatic carbocycles. The topological polar surface area (TPSA) is 61.8 Å². The third-order valence-corrected chi connectivity index (χ3v) is 5.17. The summed E-state index contributed by atoms with van der Waals surface area (Å²) in [5.41, 5.74) is 1.53. The van der Waals surface area contributed by atoms with Crippen molar-refractivity contribution in [2.45, 2.75) is 0 Å². The fraction of sp³-hybridized carbons (Fsp3) is 0.421. The van der Waals surface area contributed by atoms with Crippen molar-refractivity contribution in [1.29, 1.82) is 0 Å². The SMILES string of the molecule is O=C(c1cnc(N2CCN(c3cccc(Cl)c3)CC2)cn1)N1CCOCC1. The zero-order chi connectivity index (χ0) is 18.6. The van der Waals surface area contributed by atoms with Gasteiger partial charge in [-0.2, -0.15) is 0 Å². The first-order chi connectivity index (χ1) is 13.2. The minimum Gasteiger partial charge on any atom is -0.378 e. The first-order valence-corrected chi connectivity index (χ1v) is 9.53. The van der Waals surface area contributed by atoms with Crippen LogP contribution in [0.1, 0.15) is 10.5 Å². The van der Waals surface area contributed by atoms with Crippen molar-refractivity contribution in [2.24, 2.45) is 0 Å². The Balaban J connectivity index is 1.36. The second-order valence-corrected chi connectivity index (χ2v) is 7.05. The number of halogens is 1. The lowest BCUT2D eigenvalue weighted by Gasteiger charge is -2.36. The summed E-state index contributed by atoms with van der Waals surface area (Å²) in [6, 6.07) is 7.92. The van der Waals surface area contributed by atoms with Gasteiger partial charge in [0.05, 0.1) is 25.6 Å². The number of hydrogen-bond acceptors (Lipinski definition) is 6. The number of ether oxygens (including phenoxy) is 1. The van der Waals surface area contributed by atoms with Crippen LogP contribution in [-0.2, 0) is 4.74 Å². The van der Waals surface area contributed by atoms with Crippen molar-refractivity contribution in [3.05, 3.63) is 47.4 Å². The molecule has 2 saturated heterocycles. The molecule has 2 aliphatic heterocycles. The Morgan fingerprint density at radius 3 is 2.37 bits per heavy atom. The molecule has 2 aliphatic rings. The fourth-order valence-corrected chi connectivity index (χ4v) is 3.57. The summed E-state index contributed by atoms with van der Waals surface area (Å²) in [7, 11) is 0. The average molecular weight is 388 g/mol. The number of carbonyl (C=O) groups excluding carboxylic acids is 1. The normalized spacial score (nSPS) is 17.9. The number of morpholine rings is 1. The predicted molar refractivity (Wildman–Crippen MR) is 105 cm³/mol. The van der Waals surface area contributed by atoms with Crippen LogP contribution >= 0.6 is 11.6 Å². The van der Waals surface area contributed by atoms with Gasteiger partial charge in [-0.05, 0) is 18.2 Å². The van der Waals surface area contributed by atoms with Crippen LogP contribution in [0.4, 0.5) is 11.5 Å². The number of benzene rings is 1. The molecule has 4 rings (SSSR count). The van der Waals surface area contributed by atoms with E-state index in [1.165, 1.54) is 0 Å². The molecule has 2 fully saturated rings. The third kappa shape index (κ3) is 4.14. The monoisotopic (exact) mass is 387 g/mol. The van der Waals surface area contributed by atoms with Crippen molar-refractivity contribution in [1.82, 2.24) is 14.9 Å². The molecule has 1 aromatic carbocycles. The van der Waals surface area contributed by atoms with E-state index < -0.39 is 0 Å². The molecule has 8 heteroatoms. The van der Waals surface area contributed by atoms with Crippen LogP contribution in [0.2, 0.25) is 5.02 Å². The van der Waals surface area contributed by atoms with E-state index in [9.17, 15) is 4.79 Å². The lowest BCUT2D eigenvalue weighted by atomic mass is 10.2. The zero-order valence-electron chi connectivity index (χ0n) is 15.1. The molecular weight excluding hydrogens is 366 g/mol. The molecule has 0 unspecified atom stereocenters. The van der Waals surface area contributed by atoms with Crippen LogP contribution in [0.15, 0.2) is 36.7 Å². The van der Waals surface area contributed by atoms with E-state index in [1.807, 2.05) is 18.2 Å². The van der Waals surface area contributed by atoms with Gasteiger partial charge in [-0.25, -0.2) is 9.97 Å². The minimum atomic E-state index is -0.0804. The van der Waals surface area contributed by atoms with Crippen LogP contribution < -0.4 is 9.80 Å². The van der Waals surface area contributed by atoms with Gasteiger partial charge in [-0.1, -0.05) is 17.7 Å². The smallest absolute Gasteiger partial charge is 0.274 e. The molecule has 0 N–H and O–H groups in total. The van der Waals surface area contributed by atoms with E-state index in [0.29, 0.717) is 32.0 Å². The molecule has 0 bridgehead atoms. The molecule has 0 atom stereocenters. The van der Waals surface area contributed by atoms with Gasteiger partial charge in [0.2, 0.25) is 0 Å². The lowest BCUT2D eigenvalue weighted by molar-refractivity contribution is 0.0298. The standard InChI is InChI=1S/C19H22ClN5O2/c20-15-2-1-3-16(12-15)23-4-6-24(7-5-23)18-14-21-17(13-22-18)19(26)25-8-10-27-11-9-25/h1-3,12-14H,4-11H2. The maximum absolute atomic E-state index is 12.5. The van der Waals surface area contributed by atoms with Crippen molar-refractivity contribution >= 4 is 29.0 Å². The Labute approximate surface area is 163 Å². The second-order valence-electron chi connectivity index (χ2n) is 6.62. The molecule has 3 heterocycles. The summed E-state index contributed by atoms with van der Waals surface area (Å²) in [4.78, 5) is 27.5. The van der Waals surface area contributed by atoms with Gasteiger partial charge in [0.25, 0.3) is 5.91 Å². The van der Waals surface area contributed by atoms with Crippen LogP contribution in [0.25, 0.3) is 0 Å². The van der Waals surface area contributed by atoms with Gasteiger partial charge in [0.15, 0.2) is 0 Å². The first-order valence-electron chi connectivity index (χ1n) is 9.15. The van der Waals surface area contributed by atoms with Crippen LogP contribution in [0.3, 0.4) is 0 Å². The Morgan fingerprint density at radius 2 is 1.70 bits per heavy atom. The maximum atomic E-state index is 12.5. The van der Waals surface area contributed by atoms with Crippen molar-refractivity contribution in [3.8, 4) is 0 Å². The van der Waals surface area contributed by atoms with Gasteiger partial charge in [-0.3, -0.25) is 4.79 Å². The summed E-state index contributed by atoms with van der Waals surface area (Å²) in [5.74, 6) is 0.724. The number of nitrogens with zero attached hydrogens (tertiary/aromatic N) is 5. The minimum absolute atomic E-state index is 0.0804. The molecule has 0 radical (unpaired) electrons. The highest BCUT2D eigenvalue weighted by Gasteiger charge is 2.22. The Kier molecular flexibility index (Phi) is 5.40. The molecular formula is C19H22ClN5O2. The van der Waals surface area contributed by atoms with Gasteiger partial charge in [0, 0.05) is 50.0 Å². The van der Waals surface area contributed by atoms with Gasteiger partial charge >= 0.3 is 0 Å². The highest BCUT2D eigenvalue weighted by molar-refractivity contribution is 6.30. The van der Waals surface area contributed by atoms with E-state index in [-0.39, 0.29) is 5.91 Å². The highest BCUT2D eigenvalue weighted by Crippen LogP contribution is 2.22. The van der Waals surface area contributed by atoms with E-state index >= 15 is 0 Å². The maximum Gasteiger partial charge on any atom is 0.274 e. The highest BCUT2D eigenvalue weighted by atomic mass is 35.5. The van der Waals surface area contributed by atoms with Crippen molar-refractivity contribution < 1.29 is 9.53 Å². The largest absolute Gasteiger partial charge is 0.378 e. The summed E-state index contributed by atoms with van der Waals surface area (Å²) in [5, 5.41) is 0.751. The van der Waals surface area contributed by atoms with E-state index in [2.05, 4.69) is 25.8 Å². The number of rotatable bonds is 3. The fourth-order valence-electron chi connectivity index (χ4n) is 3.39. The van der Waals surface area contributed by atoms with Crippen LogP contribution in [0.5, 0.6) is 0 Å². The van der Waals surface area contributed by atoms with Crippen LogP contribution in [-0.4, -0.2) is 73.3 Å². The Bertz CT molecular complexity index is 787. The quantitative estimate of drug-likeness (QED) is 0.802. The summed E-state index contributed by atoms with van der Waals surface area (Å²) < 4.78 is 5.28. The number of amides is 1. The Morgan fingerprint density at radius 1 is 0.963 bits per heavy atom. The number of hydrogen-bond donors (Lipinski definition) is 0. The van der Waals surface area contributed by atoms with Crippen LogP contribution in [0, 0.1) is 0 Å². The molecule has 2 aromatic rings. The van der Waals surface area contributed by atoms with Gasteiger partial charge < -0.3 is 19.4 Å². The molecule has 142 valence electrons. The van der Waals surface area contributed by atoms with Crippen molar-refractivity contribution in [3.63, 3.8) is 0 Å². The first kappa shape index (κ1) is 18.0. The van der Waals surface area contributed by atoms with E-state index in [0.717, 1.165) is 42.7 Å². The molecule has 0 saturated carbocycles. The molecule has 0 spiro atoms. The summed E-state index contributed by atoms with van der Waals surface area (Å²) >= 11 is 6.09. The van der Waals surface area contributed by atoms with E-state index in [1.54, 1.807) is 17.3 Å². The number of aromatic nitrogens is 2. The van der Waals surface area contributed by atoms with E-state index in [4.69, 9.17) is 16.3 Å². The zero-order valence-corrected chi connectivity index (χ0v) is 15.8. The molecule has 1 amide bonds. The number of anilines is 2. The molecule has 1 aromatic heterocycles. The van der Waals surface area contributed by atoms with Gasteiger partial charge in [-0.15, -0.1) is 0 Å². The molecule has 7 nitrogen and oxygen atoms in total. The predicted octanol–water partition coefficient (Wildman–Crippen LogP) is 1.93. The lowest BCUT2D eigenvalue weighted by Crippen LogP contribution is -2.47. The molecule has 27 heavy (non-hydrogen) atoms. The average Bonchev–Trinajstić information content (AvgIpc) is 2.74. The third-order valence-electron chi connectivity index (χ3n) is 4.93.